The molecule has 1 atom stereocenters. The van der Waals surface area contributed by atoms with E-state index in [1.54, 1.807) is 0 Å². The summed E-state index contributed by atoms with van der Waals surface area (Å²) in [6.45, 7) is 0.0994. The molecule has 0 radical (unpaired) electrons. The Bertz CT molecular complexity index is 392. The van der Waals surface area contributed by atoms with Crippen LogP contribution in [0.5, 0.6) is 0 Å². The van der Waals surface area contributed by atoms with Gasteiger partial charge < -0.3 is 9.42 Å². The van der Waals surface area contributed by atoms with E-state index in [1.165, 1.54) is 7.05 Å². The Balaban J connectivity index is 1.94. The van der Waals surface area contributed by atoms with Gasteiger partial charge in [-0.05, 0) is 12.8 Å². The Labute approximate surface area is 96.6 Å². The minimum Gasteiger partial charge on any atom is -0.339 e. The summed E-state index contributed by atoms with van der Waals surface area (Å²) in [5.41, 5.74) is -2.03. The summed E-state index contributed by atoms with van der Waals surface area (Å²) < 4.78 is 17.5. The van der Waals surface area contributed by atoms with Crippen molar-refractivity contribution >= 4 is 17.5 Å². The van der Waals surface area contributed by atoms with Gasteiger partial charge in [-0.25, -0.2) is 4.39 Å². The molecule has 1 aliphatic rings. The molecule has 1 heterocycles. The quantitative estimate of drug-likeness (QED) is 0.756. The van der Waals surface area contributed by atoms with Gasteiger partial charge in [-0.15, -0.1) is 0 Å². The van der Waals surface area contributed by atoms with Crippen LogP contribution in [-0.2, 0) is 11.3 Å². The average Bonchev–Trinajstić information content (AvgIpc) is 2.99. The van der Waals surface area contributed by atoms with Crippen LogP contribution in [0.4, 0.5) is 4.39 Å². The summed E-state index contributed by atoms with van der Waals surface area (Å²) in [4.78, 5) is 16.4. The Morgan fingerprint density at radius 2 is 2.44 bits per heavy atom. The van der Waals surface area contributed by atoms with E-state index < -0.39 is 11.5 Å². The number of amides is 1. The van der Waals surface area contributed by atoms with Crippen molar-refractivity contribution in [2.75, 3.05) is 7.05 Å². The van der Waals surface area contributed by atoms with Gasteiger partial charge in [-0.2, -0.15) is 4.98 Å². The van der Waals surface area contributed by atoms with E-state index in [0.717, 1.165) is 17.7 Å². The van der Waals surface area contributed by atoms with Crippen LogP contribution in [0.15, 0.2) is 4.52 Å². The molecule has 0 spiro atoms. The van der Waals surface area contributed by atoms with E-state index in [-0.39, 0.29) is 6.54 Å². The summed E-state index contributed by atoms with van der Waals surface area (Å²) >= 11 is 5.03. The first-order valence-electron chi connectivity index (χ1n) is 4.93. The van der Waals surface area contributed by atoms with E-state index in [9.17, 15) is 9.18 Å². The summed E-state index contributed by atoms with van der Waals surface area (Å²) in [6.07, 6.45) is 2.12. The zero-order valence-corrected chi connectivity index (χ0v) is 9.45. The lowest BCUT2D eigenvalue weighted by molar-refractivity contribution is -0.133. The van der Waals surface area contributed by atoms with Crippen molar-refractivity contribution in [3.8, 4) is 0 Å². The number of alkyl halides is 2. The van der Waals surface area contributed by atoms with Gasteiger partial charge in [0.05, 0.1) is 6.54 Å². The molecule has 1 unspecified atom stereocenters. The SMILES string of the molecule is CN(Cc1noc(C2CC2)n1)C(=O)C(F)Cl. The molecule has 2 rings (SSSR count). The molecule has 5 nitrogen and oxygen atoms in total. The average molecular weight is 248 g/mol. The lowest BCUT2D eigenvalue weighted by Crippen LogP contribution is -2.31. The van der Waals surface area contributed by atoms with Gasteiger partial charge in [0.15, 0.2) is 5.82 Å². The first kappa shape index (κ1) is 11.3. The van der Waals surface area contributed by atoms with Crippen molar-refractivity contribution in [1.82, 2.24) is 15.0 Å². The second-order valence-corrected chi connectivity index (χ2v) is 4.20. The van der Waals surface area contributed by atoms with E-state index in [4.69, 9.17) is 16.1 Å². The maximum Gasteiger partial charge on any atom is 0.272 e. The number of hydrogen-bond donors (Lipinski definition) is 0. The van der Waals surface area contributed by atoms with E-state index in [1.807, 2.05) is 0 Å². The first-order chi connectivity index (χ1) is 7.58. The molecule has 7 heteroatoms. The van der Waals surface area contributed by atoms with Gasteiger partial charge >= 0.3 is 0 Å². The Hall–Kier alpha value is -1.17. The predicted molar refractivity (Wildman–Crippen MR) is 53.5 cm³/mol. The monoisotopic (exact) mass is 247 g/mol. The van der Waals surface area contributed by atoms with E-state index in [2.05, 4.69) is 10.1 Å². The number of aromatic nitrogens is 2. The number of carbonyl (C=O) groups is 1. The van der Waals surface area contributed by atoms with Crippen LogP contribution in [0.25, 0.3) is 0 Å². The topological polar surface area (TPSA) is 59.2 Å². The van der Waals surface area contributed by atoms with Gasteiger partial charge in [0.1, 0.15) is 0 Å². The van der Waals surface area contributed by atoms with Crippen LogP contribution in [0, 0.1) is 0 Å². The number of hydrogen-bond acceptors (Lipinski definition) is 4. The van der Waals surface area contributed by atoms with E-state index >= 15 is 0 Å². The Morgan fingerprint density at radius 3 is 3.00 bits per heavy atom. The molecule has 1 aromatic rings. The van der Waals surface area contributed by atoms with Crippen LogP contribution < -0.4 is 0 Å². The molecule has 1 saturated carbocycles. The standard InChI is InChI=1S/C9H11ClFN3O2/c1-14(9(15)7(10)11)4-6-12-8(16-13-6)5-2-3-5/h5,7H,2-4H2,1H3. The molecule has 1 aromatic heterocycles. The Kier molecular flexibility index (Phi) is 3.09. The summed E-state index contributed by atoms with van der Waals surface area (Å²) in [6, 6.07) is 0. The minimum atomic E-state index is -2.03. The molecule has 88 valence electrons. The van der Waals surface area contributed by atoms with Crippen LogP contribution in [0.1, 0.15) is 30.5 Å². The number of halogens is 2. The van der Waals surface area contributed by atoms with Crippen LogP contribution in [-0.4, -0.2) is 33.6 Å². The van der Waals surface area contributed by atoms with Crippen molar-refractivity contribution < 1.29 is 13.7 Å². The second kappa shape index (κ2) is 4.37. The molecule has 1 fully saturated rings. The molecule has 0 aliphatic heterocycles. The third-order valence-corrected chi connectivity index (χ3v) is 2.54. The fourth-order valence-electron chi connectivity index (χ4n) is 1.28. The molecule has 0 N–H and O–H groups in total. The smallest absolute Gasteiger partial charge is 0.272 e. The summed E-state index contributed by atoms with van der Waals surface area (Å²) in [5.74, 6) is 0.525. The number of rotatable bonds is 4. The molecule has 0 saturated heterocycles. The van der Waals surface area contributed by atoms with Crippen LogP contribution in [0.2, 0.25) is 0 Å². The zero-order chi connectivity index (χ0) is 11.7. The predicted octanol–water partition coefficient (Wildman–Crippen LogP) is 1.44. The number of carbonyl (C=O) groups excluding carboxylic acids is 1. The lowest BCUT2D eigenvalue weighted by Gasteiger charge is -2.14. The van der Waals surface area contributed by atoms with Gasteiger partial charge in [-0.3, -0.25) is 4.79 Å². The van der Waals surface area contributed by atoms with Gasteiger partial charge in [0.2, 0.25) is 5.89 Å². The Morgan fingerprint density at radius 1 is 1.75 bits per heavy atom. The lowest BCUT2D eigenvalue weighted by atomic mass is 10.4. The molecule has 1 amide bonds. The maximum absolute atomic E-state index is 12.5. The molecule has 1 aliphatic carbocycles. The van der Waals surface area contributed by atoms with Crippen molar-refractivity contribution in [1.29, 1.82) is 0 Å². The third kappa shape index (κ3) is 2.49. The fraction of sp³-hybridized carbons (Fsp3) is 0.667. The summed E-state index contributed by atoms with van der Waals surface area (Å²) in [7, 11) is 1.43. The fourth-order valence-corrected chi connectivity index (χ4v) is 1.45. The highest BCUT2D eigenvalue weighted by Crippen LogP contribution is 2.38. The second-order valence-electron chi connectivity index (χ2n) is 3.82. The molecule has 16 heavy (non-hydrogen) atoms. The van der Waals surface area contributed by atoms with Crippen molar-refractivity contribution in [3.05, 3.63) is 11.7 Å². The maximum atomic E-state index is 12.5. The summed E-state index contributed by atoms with van der Waals surface area (Å²) in [5, 5.41) is 3.71. The number of nitrogens with zero attached hydrogens (tertiary/aromatic N) is 3. The molecule has 0 bridgehead atoms. The van der Waals surface area contributed by atoms with Gasteiger partial charge in [0.25, 0.3) is 11.5 Å². The van der Waals surface area contributed by atoms with Gasteiger partial charge in [0, 0.05) is 13.0 Å². The highest BCUT2D eigenvalue weighted by atomic mass is 35.5. The first-order valence-corrected chi connectivity index (χ1v) is 5.37. The third-order valence-electron chi connectivity index (χ3n) is 2.35. The molecule has 0 aromatic carbocycles. The van der Waals surface area contributed by atoms with Crippen LogP contribution >= 0.6 is 11.6 Å². The van der Waals surface area contributed by atoms with Crippen LogP contribution in [0.3, 0.4) is 0 Å². The van der Waals surface area contributed by atoms with Crippen molar-refractivity contribution in [2.24, 2.45) is 0 Å². The normalized spacial score (nSPS) is 17.2. The highest BCUT2D eigenvalue weighted by Gasteiger charge is 2.30. The molecular formula is C9H11ClFN3O2. The molecular weight excluding hydrogens is 237 g/mol. The van der Waals surface area contributed by atoms with Crippen molar-refractivity contribution in [3.63, 3.8) is 0 Å². The minimum absolute atomic E-state index is 0.0994. The van der Waals surface area contributed by atoms with Crippen molar-refractivity contribution in [2.45, 2.75) is 30.9 Å². The zero-order valence-electron chi connectivity index (χ0n) is 8.69. The highest BCUT2D eigenvalue weighted by molar-refractivity contribution is 6.29. The van der Waals surface area contributed by atoms with E-state index in [0.29, 0.717) is 17.6 Å². The van der Waals surface area contributed by atoms with Gasteiger partial charge in [-0.1, -0.05) is 16.8 Å². The largest absolute Gasteiger partial charge is 0.339 e.